The molecule has 0 aromatic carbocycles. The van der Waals surface area contributed by atoms with Crippen LogP contribution in [0, 0.1) is 0 Å². The van der Waals surface area contributed by atoms with E-state index in [1.54, 1.807) is 9.80 Å². The van der Waals surface area contributed by atoms with Gasteiger partial charge in [-0.15, -0.1) is 0 Å². The maximum Gasteiger partial charge on any atom is 0.329 e. The predicted molar refractivity (Wildman–Crippen MR) is 70.8 cm³/mol. The van der Waals surface area contributed by atoms with Gasteiger partial charge in [0.1, 0.15) is 5.54 Å². The van der Waals surface area contributed by atoms with Crippen LogP contribution < -0.4 is 5.73 Å². The Morgan fingerprint density at radius 3 is 2.68 bits per heavy atom. The molecule has 2 atom stereocenters. The maximum absolute atomic E-state index is 12.5. The highest BCUT2D eigenvalue weighted by molar-refractivity contribution is 5.87. The number of carboxylic acid groups (broad SMARTS) is 1. The second-order valence-electron chi connectivity index (χ2n) is 5.62. The Bertz CT molecular complexity index is 374. The third-order valence-corrected chi connectivity index (χ3v) is 4.28. The van der Waals surface area contributed by atoms with E-state index in [1.165, 1.54) is 0 Å². The van der Waals surface area contributed by atoms with Gasteiger partial charge >= 0.3 is 12.0 Å². The normalized spacial score (nSPS) is 30.9. The van der Waals surface area contributed by atoms with E-state index in [0.29, 0.717) is 32.5 Å². The van der Waals surface area contributed by atoms with Crippen molar-refractivity contribution in [1.82, 2.24) is 9.80 Å². The Hall–Kier alpha value is -1.30. The molecule has 0 radical (unpaired) electrons. The van der Waals surface area contributed by atoms with Crippen molar-refractivity contribution in [2.45, 2.75) is 50.6 Å². The van der Waals surface area contributed by atoms with Gasteiger partial charge in [0.15, 0.2) is 0 Å². The quantitative estimate of drug-likeness (QED) is 0.795. The summed E-state index contributed by atoms with van der Waals surface area (Å²) >= 11 is 0. The number of nitrogens with two attached hydrogens (primary N) is 1. The lowest BCUT2D eigenvalue weighted by Crippen LogP contribution is -2.56. The molecule has 108 valence electrons. The minimum atomic E-state index is -1.00. The summed E-state index contributed by atoms with van der Waals surface area (Å²) in [4.78, 5) is 27.5. The number of aliphatic carboxylic acids is 1. The Morgan fingerprint density at radius 2 is 2.16 bits per heavy atom. The summed E-state index contributed by atoms with van der Waals surface area (Å²) in [6, 6.07) is -0.127. The number of urea groups is 1. The molecule has 0 bridgehead atoms. The molecule has 0 aromatic rings. The van der Waals surface area contributed by atoms with Crippen LogP contribution in [0.5, 0.6) is 0 Å². The third-order valence-electron chi connectivity index (χ3n) is 4.28. The van der Waals surface area contributed by atoms with Crippen LogP contribution in [-0.2, 0) is 4.79 Å². The Balaban J connectivity index is 2.17. The van der Waals surface area contributed by atoms with Gasteiger partial charge in [-0.2, -0.15) is 0 Å². The zero-order chi connectivity index (χ0) is 14.0. The largest absolute Gasteiger partial charge is 0.479 e. The standard InChI is InChI=1S/C13H23N3O3/c1-2-5-13(11(17)18)6-3-7-16(13)12(19)15-8-4-10(14)9-15/h10H,2-9,14H2,1H3,(H,17,18). The van der Waals surface area contributed by atoms with Gasteiger partial charge in [0, 0.05) is 25.7 Å². The smallest absolute Gasteiger partial charge is 0.329 e. The van der Waals surface area contributed by atoms with E-state index in [1.807, 2.05) is 6.92 Å². The summed E-state index contributed by atoms with van der Waals surface area (Å²) in [7, 11) is 0. The molecule has 2 heterocycles. The van der Waals surface area contributed by atoms with Gasteiger partial charge in [-0.1, -0.05) is 13.3 Å². The fraction of sp³-hybridized carbons (Fsp3) is 0.846. The highest BCUT2D eigenvalue weighted by Gasteiger charge is 2.50. The van der Waals surface area contributed by atoms with E-state index in [9.17, 15) is 14.7 Å². The zero-order valence-electron chi connectivity index (χ0n) is 11.5. The maximum atomic E-state index is 12.5. The van der Waals surface area contributed by atoms with Crippen LogP contribution in [-0.4, -0.2) is 58.1 Å². The van der Waals surface area contributed by atoms with E-state index in [0.717, 1.165) is 19.3 Å². The average Bonchev–Trinajstić information content (AvgIpc) is 2.96. The van der Waals surface area contributed by atoms with Crippen molar-refractivity contribution in [3.63, 3.8) is 0 Å². The van der Waals surface area contributed by atoms with Crippen LogP contribution in [0.3, 0.4) is 0 Å². The van der Waals surface area contributed by atoms with E-state index in [4.69, 9.17) is 5.73 Å². The van der Waals surface area contributed by atoms with E-state index in [-0.39, 0.29) is 12.1 Å². The minimum absolute atomic E-state index is 0.0250. The lowest BCUT2D eigenvalue weighted by Gasteiger charge is -2.37. The molecule has 0 spiro atoms. The van der Waals surface area contributed by atoms with Gasteiger partial charge in [-0.05, 0) is 25.7 Å². The molecule has 2 aliphatic rings. The molecule has 2 fully saturated rings. The molecule has 0 saturated carbocycles. The van der Waals surface area contributed by atoms with Crippen molar-refractivity contribution in [2.24, 2.45) is 5.73 Å². The van der Waals surface area contributed by atoms with Gasteiger partial charge in [0.25, 0.3) is 0 Å². The summed E-state index contributed by atoms with van der Waals surface area (Å²) in [6.07, 6.45) is 3.40. The van der Waals surface area contributed by atoms with Crippen molar-refractivity contribution in [1.29, 1.82) is 0 Å². The van der Waals surface area contributed by atoms with Crippen LogP contribution in [0.1, 0.15) is 39.0 Å². The number of carbonyl (C=O) groups is 2. The molecule has 2 unspecified atom stereocenters. The molecular formula is C13H23N3O3. The molecule has 2 rings (SSSR count). The van der Waals surface area contributed by atoms with Gasteiger partial charge < -0.3 is 20.6 Å². The van der Waals surface area contributed by atoms with Crippen LogP contribution in [0.4, 0.5) is 4.79 Å². The van der Waals surface area contributed by atoms with Gasteiger partial charge in [-0.25, -0.2) is 9.59 Å². The van der Waals surface area contributed by atoms with Crippen molar-refractivity contribution in [2.75, 3.05) is 19.6 Å². The molecule has 6 nitrogen and oxygen atoms in total. The second kappa shape index (κ2) is 5.36. The number of rotatable bonds is 3. The first-order chi connectivity index (χ1) is 9.01. The molecule has 2 aliphatic heterocycles. The SMILES string of the molecule is CCCC1(C(=O)O)CCCN1C(=O)N1CCC(N)C1. The first kappa shape index (κ1) is 14.1. The molecule has 19 heavy (non-hydrogen) atoms. The average molecular weight is 269 g/mol. The fourth-order valence-electron chi connectivity index (χ4n) is 3.29. The molecule has 2 amide bonds. The van der Waals surface area contributed by atoms with Crippen LogP contribution in [0.15, 0.2) is 0 Å². The predicted octanol–water partition coefficient (Wildman–Crippen LogP) is 0.859. The van der Waals surface area contributed by atoms with Crippen LogP contribution in [0.25, 0.3) is 0 Å². The first-order valence-corrected chi connectivity index (χ1v) is 7.07. The summed E-state index contributed by atoms with van der Waals surface area (Å²) in [6.45, 7) is 3.67. The highest BCUT2D eigenvalue weighted by Crippen LogP contribution is 2.35. The number of amides is 2. The summed E-state index contributed by atoms with van der Waals surface area (Å²) in [5, 5.41) is 9.57. The number of hydrogen-bond acceptors (Lipinski definition) is 3. The number of nitrogens with zero attached hydrogens (tertiary/aromatic N) is 2. The minimum Gasteiger partial charge on any atom is -0.479 e. The van der Waals surface area contributed by atoms with Gasteiger partial charge in [0.05, 0.1) is 0 Å². The van der Waals surface area contributed by atoms with Crippen molar-refractivity contribution in [3.8, 4) is 0 Å². The number of likely N-dealkylation sites (tertiary alicyclic amines) is 2. The van der Waals surface area contributed by atoms with Crippen molar-refractivity contribution >= 4 is 12.0 Å². The zero-order valence-corrected chi connectivity index (χ0v) is 11.5. The van der Waals surface area contributed by atoms with Crippen molar-refractivity contribution < 1.29 is 14.7 Å². The third kappa shape index (κ3) is 2.41. The van der Waals surface area contributed by atoms with Gasteiger partial charge in [-0.3, -0.25) is 0 Å². The lowest BCUT2D eigenvalue weighted by molar-refractivity contribution is -0.148. The molecular weight excluding hydrogens is 246 g/mol. The Morgan fingerprint density at radius 1 is 1.42 bits per heavy atom. The monoisotopic (exact) mass is 269 g/mol. The molecule has 2 saturated heterocycles. The van der Waals surface area contributed by atoms with Crippen molar-refractivity contribution in [3.05, 3.63) is 0 Å². The van der Waals surface area contributed by atoms with E-state index < -0.39 is 11.5 Å². The van der Waals surface area contributed by atoms with Gasteiger partial charge in [0.2, 0.25) is 0 Å². The molecule has 6 heteroatoms. The molecule has 0 aliphatic carbocycles. The molecule has 0 aromatic heterocycles. The topological polar surface area (TPSA) is 86.9 Å². The Labute approximate surface area is 113 Å². The Kier molecular flexibility index (Phi) is 3.99. The second-order valence-corrected chi connectivity index (χ2v) is 5.62. The van der Waals surface area contributed by atoms with E-state index >= 15 is 0 Å². The number of carbonyl (C=O) groups excluding carboxylic acids is 1. The summed E-state index contributed by atoms with van der Waals surface area (Å²) in [5.74, 6) is -0.872. The summed E-state index contributed by atoms with van der Waals surface area (Å²) < 4.78 is 0. The number of hydrogen-bond donors (Lipinski definition) is 2. The summed E-state index contributed by atoms with van der Waals surface area (Å²) in [5.41, 5.74) is 4.82. The lowest BCUT2D eigenvalue weighted by atomic mass is 9.91. The van der Waals surface area contributed by atoms with Crippen LogP contribution in [0.2, 0.25) is 0 Å². The fourth-order valence-corrected chi connectivity index (χ4v) is 3.29. The molecule has 3 N–H and O–H groups in total. The highest BCUT2D eigenvalue weighted by atomic mass is 16.4. The van der Waals surface area contributed by atoms with E-state index in [2.05, 4.69) is 0 Å². The number of carboxylic acids is 1. The van der Waals surface area contributed by atoms with Crippen LogP contribution >= 0.6 is 0 Å². The first-order valence-electron chi connectivity index (χ1n) is 7.07.